The molecule has 7 heteroatoms. The summed E-state index contributed by atoms with van der Waals surface area (Å²) in [6.07, 6.45) is 6.73. The van der Waals surface area contributed by atoms with E-state index in [1.807, 2.05) is 30.7 Å². The fourth-order valence-corrected chi connectivity index (χ4v) is 2.95. The number of fused-ring (bicyclic) bond motifs is 1. The Morgan fingerprint density at radius 1 is 1.59 bits per heavy atom. The van der Waals surface area contributed by atoms with Crippen molar-refractivity contribution < 1.29 is 9.90 Å². The van der Waals surface area contributed by atoms with Crippen LogP contribution < -0.4 is 5.32 Å². The molecule has 0 fully saturated rings. The summed E-state index contributed by atoms with van der Waals surface area (Å²) in [6, 6.07) is 5.57. The Kier molecular flexibility index (Phi) is 5.50. The third-order valence-corrected chi connectivity index (χ3v) is 4.20. The fraction of sp³-hybridized carbons (Fsp3) is 0.333. The number of imidazole rings is 1. The van der Waals surface area contributed by atoms with Gasteiger partial charge in [-0.3, -0.25) is 9.20 Å². The Balaban J connectivity index is 2.04. The number of hydrogen-bond acceptors (Lipinski definition) is 4. The van der Waals surface area contributed by atoms with Gasteiger partial charge in [0.2, 0.25) is 5.91 Å². The molecule has 0 radical (unpaired) electrons. The van der Waals surface area contributed by atoms with E-state index in [9.17, 15) is 9.90 Å². The molecule has 0 spiro atoms. The van der Waals surface area contributed by atoms with Crippen molar-refractivity contribution in [2.24, 2.45) is 0 Å². The van der Waals surface area contributed by atoms with Crippen molar-refractivity contribution in [3.8, 4) is 0 Å². The van der Waals surface area contributed by atoms with Crippen LogP contribution in [-0.4, -0.2) is 44.6 Å². The van der Waals surface area contributed by atoms with E-state index in [2.05, 4.69) is 10.3 Å². The van der Waals surface area contributed by atoms with Crippen LogP contribution in [0.15, 0.2) is 30.5 Å². The lowest BCUT2D eigenvalue weighted by Crippen LogP contribution is -2.41. The van der Waals surface area contributed by atoms with E-state index < -0.39 is 5.60 Å². The average Bonchev–Trinajstić information content (AvgIpc) is 2.78. The zero-order valence-corrected chi connectivity index (χ0v) is 14.0. The van der Waals surface area contributed by atoms with Gasteiger partial charge in [-0.05, 0) is 31.4 Å². The van der Waals surface area contributed by atoms with E-state index >= 15 is 0 Å². The van der Waals surface area contributed by atoms with Crippen LogP contribution in [0.3, 0.4) is 0 Å². The Morgan fingerprint density at radius 2 is 2.36 bits per heavy atom. The monoisotopic (exact) mass is 339 g/mol. The van der Waals surface area contributed by atoms with Gasteiger partial charge in [-0.1, -0.05) is 17.7 Å². The third-order valence-electron chi connectivity index (χ3n) is 3.01. The van der Waals surface area contributed by atoms with Crippen LogP contribution in [0.2, 0.25) is 5.15 Å². The molecular formula is C15H18ClN3O2S. The van der Waals surface area contributed by atoms with Crippen molar-refractivity contribution >= 4 is 41.0 Å². The Hall–Kier alpha value is -1.50. The van der Waals surface area contributed by atoms with Crippen LogP contribution in [-0.2, 0) is 4.79 Å². The van der Waals surface area contributed by atoms with E-state index in [4.69, 9.17) is 11.6 Å². The van der Waals surface area contributed by atoms with Crippen molar-refractivity contribution in [1.29, 1.82) is 0 Å². The SMILES string of the molecule is CSCC(C)(O)CNC(=O)C=Cc1c(Cl)nc2ccccn12. The standard InChI is InChI=1S/C15H18ClN3O2S/c1-15(21,10-22-2)9-17-13(20)7-6-11-14(16)18-12-5-3-4-8-19(11)12/h3-8,21H,9-10H2,1-2H3,(H,17,20). The molecule has 0 aliphatic rings. The number of aliphatic hydroxyl groups is 1. The molecule has 0 aliphatic carbocycles. The Bertz CT molecular complexity index is 697. The average molecular weight is 340 g/mol. The predicted octanol–water partition coefficient (Wildman–Crippen LogP) is 2.23. The Labute approximate surface area is 138 Å². The molecule has 0 aromatic carbocycles. The molecule has 1 amide bonds. The topological polar surface area (TPSA) is 66.6 Å². The first-order valence-corrected chi connectivity index (χ1v) is 8.50. The molecule has 5 nitrogen and oxygen atoms in total. The van der Waals surface area contributed by atoms with Crippen LogP contribution in [0.5, 0.6) is 0 Å². The minimum atomic E-state index is -0.927. The van der Waals surface area contributed by atoms with Crippen LogP contribution in [0.1, 0.15) is 12.6 Å². The number of thioether (sulfide) groups is 1. The van der Waals surface area contributed by atoms with Crippen LogP contribution in [0.4, 0.5) is 0 Å². The molecule has 0 aliphatic heterocycles. The highest BCUT2D eigenvalue weighted by molar-refractivity contribution is 7.98. The van der Waals surface area contributed by atoms with Gasteiger partial charge in [0.05, 0.1) is 11.3 Å². The second-order valence-electron chi connectivity index (χ2n) is 5.20. The number of nitrogens with one attached hydrogen (secondary N) is 1. The van der Waals surface area contributed by atoms with Gasteiger partial charge < -0.3 is 10.4 Å². The quantitative estimate of drug-likeness (QED) is 0.792. The maximum absolute atomic E-state index is 11.8. The van der Waals surface area contributed by atoms with Gasteiger partial charge in [0.1, 0.15) is 5.65 Å². The van der Waals surface area contributed by atoms with Gasteiger partial charge in [-0.25, -0.2) is 4.98 Å². The second kappa shape index (κ2) is 7.17. The summed E-state index contributed by atoms with van der Waals surface area (Å²) in [5.41, 5.74) is 0.433. The van der Waals surface area contributed by atoms with Gasteiger partial charge in [0, 0.05) is 24.6 Å². The number of aromatic nitrogens is 2. The lowest BCUT2D eigenvalue weighted by Gasteiger charge is -2.21. The molecule has 0 bridgehead atoms. The van der Waals surface area contributed by atoms with E-state index in [-0.39, 0.29) is 12.5 Å². The summed E-state index contributed by atoms with van der Waals surface area (Å²) in [6.45, 7) is 1.88. The number of carbonyl (C=O) groups is 1. The number of amides is 1. The van der Waals surface area contributed by atoms with E-state index in [1.54, 1.807) is 17.4 Å². The highest BCUT2D eigenvalue weighted by Gasteiger charge is 2.19. The highest BCUT2D eigenvalue weighted by atomic mass is 35.5. The molecule has 2 rings (SSSR count). The molecule has 1 unspecified atom stereocenters. The molecule has 22 heavy (non-hydrogen) atoms. The molecule has 0 saturated carbocycles. The van der Waals surface area contributed by atoms with Gasteiger partial charge in [-0.2, -0.15) is 11.8 Å². The number of carbonyl (C=O) groups excluding carboxylic acids is 1. The van der Waals surface area contributed by atoms with E-state index in [1.165, 1.54) is 17.8 Å². The van der Waals surface area contributed by atoms with E-state index in [0.29, 0.717) is 16.6 Å². The Morgan fingerprint density at radius 3 is 3.09 bits per heavy atom. The fourth-order valence-electron chi connectivity index (χ4n) is 1.99. The normalized spacial score (nSPS) is 14.4. The highest BCUT2D eigenvalue weighted by Crippen LogP contribution is 2.18. The molecule has 2 aromatic rings. The predicted molar refractivity (Wildman–Crippen MR) is 91.3 cm³/mol. The largest absolute Gasteiger partial charge is 0.387 e. The van der Waals surface area contributed by atoms with Crippen molar-refractivity contribution in [2.75, 3.05) is 18.6 Å². The van der Waals surface area contributed by atoms with Gasteiger partial charge in [0.15, 0.2) is 5.15 Å². The first kappa shape index (κ1) is 16.9. The smallest absolute Gasteiger partial charge is 0.244 e. The summed E-state index contributed by atoms with van der Waals surface area (Å²) in [5, 5.41) is 13.0. The lowest BCUT2D eigenvalue weighted by atomic mass is 10.1. The summed E-state index contributed by atoms with van der Waals surface area (Å²) >= 11 is 7.61. The van der Waals surface area contributed by atoms with Crippen molar-refractivity contribution in [3.05, 3.63) is 41.3 Å². The minimum absolute atomic E-state index is 0.192. The summed E-state index contributed by atoms with van der Waals surface area (Å²) in [5.74, 6) is 0.263. The summed E-state index contributed by atoms with van der Waals surface area (Å²) in [4.78, 5) is 16.1. The number of nitrogens with zero attached hydrogens (tertiary/aromatic N) is 2. The van der Waals surface area contributed by atoms with E-state index in [0.717, 1.165) is 5.65 Å². The molecule has 2 aromatic heterocycles. The number of hydrogen-bond donors (Lipinski definition) is 2. The first-order chi connectivity index (χ1) is 10.4. The maximum Gasteiger partial charge on any atom is 0.244 e. The molecule has 2 N–H and O–H groups in total. The zero-order chi connectivity index (χ0) is 16.2. The van der Waals surface area contributed by atoms with Crippen LogP contribution in [0.25, 0.3) is 11.7 Å². The van der Waals surface area contributed by atoms with Crippen molar-refractivity contribution in [2.45, 2.75) is 12.5 Å². The molecular weight excluding hydrogens is 322 g/mol. The zero-order valence-electron chi connectivity index (χ0n) is 12.4. The van der Waals surface area contributed by atoms with Gasteiger partial charge >= 0.3 is 0 Å². The molecule has 0 saturated heterocycles. The lowest BCUT2D eigenvalue weighted by molar-refractivity contribution is -0.117. The first-order valence-electron chi connectivity index (χ1n) is 6.73. The van der Waals surface area contributed by atoms with Crippen LogP contribution in [0, 0.1) is 0 Å². The second-order valence-corrected chi connectivity index (χ2v) is 6.42. The summed E-state index contributed by atoms with van der Waals surface area (Å²) in [7, 11) is 0. The number of rotatable bonds is 6. The number of halogens is 1. The van der Waals surface area contributed by atoms with Crippen molar-refractivity contribution in [1.82, 2.24) is 14.7 Å². The maximum atomic E-state index is 11.8. The van der Waals surface area contributed by atoms with Gasteiger partial charge in [-0.15, -0.1) is 0 Å². The van der Waals surface area contributed by atoms with Crippen molar-refractivity contribution in [3.63, 3.8) is 0 Å². The van der Waals surface area contributed by atoms with Crippen LogP contribution >= 0.6 is 23.4 Å². The number of pyridine rings is 1. The summed E-state index contributed by atoms with van der Waals surface area (Å²) < 4.78 is 1.80. The molecule has 118 valence electrons. The minimum Gasteiger partial charge on any atom is -0.387 e. The molecule has 1 atom stereocenters. The molecule has 2 heterocycles. The van der Waals surface area contributed by atoms with Gasteiger partial charge in [0.25, 0.3) is 0 Å². The third kappa shape index (κ3) is 4.25.